The standard InChI is InChI=1S/C16H16N4O/c1-19(2)14(21)11-13-15(12-7-4-3-5-8-12)18-20-10-6-9-17-16(13)20/h3-10H,11H2,1-2H3. The molecule has 3 rings (SSSR count). The third-order valence-electron chi connectivity index (χ3n) is 3.36. The molecule has 3 aromatic rings. The second-order valence-electron chi connectivity index (χ2n) is 5.05. The molecular formula is C16H16N4O. The Balaban J connectivity index is 2.17. The maximum Gasteiger partial charge on any atom is 0.226 e. The second-order valence-corrected chi connectivity index (χ2v) is 5.05. The van der Waals surface area contributed by atoms with Gasteiger partial charge in [-0.3, -0.25) is 4.79 Å². The third-order valence-corrected chi connectivity index (χ3v) is 3.36. The highest BCUT2D eigenvalue weighted by molar-refractivity contribution is 5.84. The van der Waals surface area contributed by atoms with Crippen LogP contribution in [-0.2, 0) is 11.2 Å². The van der Waals surface area contributed by atoms with Gasteiger partial charge in [0.1, 0.15) is 0 Å². The van der Waals surface area contributed by atoms with E-state index in [4.69, 9.17) is 0 Å². The molecule has 2 heterocycles. The van der Waals surface area contributed by atoms with Gasteiger partial charge in [-0.25, -0.2) is 9.50 Å². The Morgan fingerprint density at radius 1 is 1.19 bits per heavy atom. The number of aromatic nitrogens is 3. The van der Waals surface area contributed by atoms with E-state index in [2.05, 4.69) is 10.1 Å². The molecule has 0 fully saturated rings. The van der Waals surface area contributed by atoms with Crippen LogP contribution in [0.25, 0.3) is 16.9 Å². The summed E-state index contributed by atoms with van der Waals surface area (Å²) in [5.74, 6) is 0.0349. The topological polar surface area (TPSA) is 50.5 Å². The van der Waals surface area contributed by atoms with Gasteiger partial charge in [-0.1, -0.05) is 30.3 Å². The highest BCUT2D eigenvalue weighted by Crippen LogP contribution is 2.25. The van der Waals surface area contributed by atoms with Crippen molar-refractivity contribution in [2.45, 2.75) is 6.42 Å². The second kappa shape index (κ2) is 5.36. The van der Waals surface area contributed by atoms with E-state index in [1.807, 2.05) is 42.6 Å². The van der Waals surface area contributed by atoms with Gasteiger partial charge >= 0.3 is 0 Å². The highest BCUT2D eigenvalue weighted by atomic mass is 16.2. The Kier molecular flexibility index (Phi) is 3.39. The maximum atomic E-state index is 12.1. The van der Waals surface area contributed by atoms with Crippen molar-refractivity contribution >= 4 is 11.6 Å². The van der Waals surface area contributed by atoms with E-state index in [0.29, 0.717) is 0 Å². The molecule has 0 aliphatic heterocycles. The molecule has 106 valence electrons. The molecule has 0 bridgehead atoms. The normalized spacial score (nSPS) is 10.8. The predicted octanol–water partition coefficient (Wildman–Crippen LogP) is 2.03. The van der Waals surface area contributed by atoms with Crippen molar-refractivity contribution in [2.24, 2.45) is 0 Å². The Hall–Kier alpha value is -2.69. The smallest absolute Gasteiger partial charge is 0.226 e. The SMILES string of the molecule is CN(C)C(=O)Cc1c(-c2ccccc2)nn2cccnc12. The molecule has 0 aliphatic rings. The number of amides is 1. The molecule has 5 heteroatoms. The van der Waals surface area contributed by atoms with Gasteiger partial charge in [0, 0.05) is 37.6 Å². The number of carbonyl (C=O) groups excluding carboxylic acids is 1. The van der Waals surface area contributed by atoms with Crippen molar-refractivity contribution in [3.05, 3.63) is 54.4 Å². The van der Waals surface area contributed by atoms with Crippen molar-refractivity contribution in [2.75, 3.05) is 14.1 Å². The fourth-order valence-electron chi connectivity index (χ4n) is 2.23. The molecule has 1 aromatic carbocycles. The van der Waals surface area contributed by atoms with Crippen molar-refractivity contribution in [1.29, 1.82) is 0 Å². The fraction of sp³-hybridized carbons (Fsp3) is 0.188. The largest absolute Gasteiger partial charge is 0.349 e. The van der Waals surface area contributed by atoms with Crippen LogP contribution in [0.3, 0.4) is 0 Å². The molecule has 0 spiro atoms. The summed E-state index contributed by atoms with van der Waals surface area (Å²) in [4.78, 5) is 18.1. The molecule has 0 unspecified atom stereocenters. The monoisotopic (exact) mass is 280 g/mol. The molecule has 21 heavy (non-hydrogen) atoms. The van der Waals surface area contributed by atoms with E-state index in [1.54, 1.807) is 29.7 Å². The summed E-state index contributed by atoms with van der Waals surface area (Å²) in [7, 11) is 3.51. The van der Waals surface area contributed by atoms with E-state index in [9.17, 15) is 4.79 Å². The molecule has 2 aromatic heterocycles. The lowest BCUT2D eigenvalue weighted by atomic mass is 10.1. The molecule has 5 nitrogen and oxygen atoms in total. The molecule has 0 atom stereocenters. The molecule has 0 saturated heterocycles. The van der Waals surface area contributed by atoms with Crippen molar-refractivity contribution in [3.63, 3.8) is 0 Å². The van der Waals surface area contributed by atoms with Gasteiger partial charge in [0.15, 0.2) is 5.65 Å². The summed E-state index contributed by atoms with van der Waals surface area (Å²) >= 11 is 0. The number of hydrogen-bond acceptors (Lipinski definition) is 3. The van der Waals surface area contributed by atoms with Crippen molar-refractivity contribution < 1.29 is 4.79 Å². The predicted molar refractivity (Wildman–Crippen MR) is 80.8 cm³/mol. The van der Waals surface area contributed by atoms with E-state index in [-0.39, 0.29) is 12.3 Å². The number of carbonyl (C=O) groups is 1. The van der Waals surface area contributed by atoms with Crippen LogP contribution in [0.2, 0.25) is 0 Å². The minimum Gasteiger partial charge on any atom is -0.349 e. The van der Waals surface area contributed by atoms with Crippen LogP contribution in [0.5, 0.6) is 0 Å². The molecule has 1 amide bonds. The number of nitrogens with zero attached hydrogens (tertiary/aromatic N) is 4. The number of likely N-dealkylation sites (N-methyl/N-ethyl adjacent to an activating group) is 1. The fourth-order valence-corrected chi connectivity index (χ4v) is 2.23. The van der Waals surface area contributed by atoms with Crippen molar-refractivity contribution in [3.8, 4) is 11.3 Å². The minimum atomic E-state index is 0.0349. The summed E-state index contributed by atoms with van der Waals surface area (Å²) in [6.45, 7) is 0. The van der Waals surface area contributed by atoms with Crippen LogP contribution in [0.1, 0.15) is 5.56 Å². The lowest BCUT2D eigenvalue weighted by Crippen LogP contribution is -2.23. The third kappa shape index (κ3) is 2.50. The maximum absolute atomic E-state index is 12.1. The van der Waals surface area contributed by atoms with Crippen LogP contribution in [0.4, 0.5) is 0 Å². The molecule has 0 radical (unpaired) electrons. The first-order chi connectivity index (χ1) is 10.2. The average molecular weight is 280 g/mol. The zero-order chi connectivity index (χ0) is 14.8. The van der Waals surface area contributed by atoms with E-state index in [0.717, 1.165) is 22.5 Å². The molecular weight excluding hydrogens is 264 g/mol. The number of benzene rings is 1. The van der Waals surface area contributed by atoms with Crippen molar-refractivity contribution in [1.82, 2.24) is 19.5 Å². The van der Waals surface area contributed by atoms with Gasteiger partial charge in [-0.05, 0) is 6.07 Å². The number of rotatable bonds is 3. The summed E-state index contributed by atoms with van der Waals surface area (Å²) in [5, 5.41) is 4.58. The van der Waals surface area contributed by atoms with Gasteiger partial charge in [-0.15, -0.1) is 0 Å². The summed E-state index contributed by atoms with van der Waals surface area (Å²) < 4.78 is 1.72. The lowest BCUT2D eigenvalue weighted by Gasteiger charge is -2.10. The van der Waals surface area contributed by atoms with E-state index in [1.165, 1.54) is 0 Å². The van der Waals surface area contributed by atoms with Crippen LogP contribution in [0.15, 0.2) is 48.8 Å². The van der Waals surface area contributed by atoms with Gasteiger partial charge < -0.3 is 4.90 Å². The van der Waals surface area contributed by atoms with Crippen LogP contribution < -0.4 is 0 Å². The van der Waals surface area contributed by atoms with E-state index < -0.39 is 0 Å². The first-order valence-corrected chi connectivity index (χ1v) is 6.74. The quantitative estimate of drug-likeness (QED) is 0.737. The minimum absolute atomic E-state index is 0.0349. The Morgan fingerprint density at radius 3 is 2.67 bits per heavy atom. The van der Waals surface area contributed by atoms with Gasteiger partial charge in [0.25, 0.3) is 0 Å². The number of hydrogen-bond donors (Lipinski definition) is 0. The zero-order valence-electron chi connectivity index (χ0n) is 12.0. The van der Waals surface area contributed by atoms with Gasteiger partial charge in [-0.2, -0.15) is 5.10 Å². The Bertz CT molecular complexity index is 777. The summed E-state index contributed by atoms with van der Waals surface area (Å²) in [6, 6.07) is 11.7. The lowest BCUT2D eigenvalue weighted by molar-refractivity contribution is -0.127. The average Bonchev–Trinajstić information content (AvgIpc) is 2.87. The first-order valence-electron chi connectivity index (χ1n) is 6.74. The highest BCUT2D eigenvalue weighted by Gasteiger charge is 2.18. The summed E-state index contributed by atoms with van der Waals surface area (Å²) in [5.41, 5.74) is 3.39. The molecule has 0 saturated carbocycles. The van der Waals surface area contributed by atoms with E-state index >= 15 is 0 Å². The van der Waals surface area contributed by atoms with Crippen LogP contribution in [0, 0.1) is 0 Å². The van der Waals surface area contributed by atoms with Gasteiger partial charge in [0.2, 0.25) is 5.91 Å². The zero-order valence-corrected chi connectivity index (χ0v) is 12.0. The molecule has 0 aliphatic carbocycles. The van der Waals surface area contributed by atoms with Crippen LogP contribution >= 0.6 is 0 Å². The first kappa shape index (κ1) is 13.3. The van der Waals surface area contributed by atoms with Gasteiger partial charge in [0.05, 0.1) is 12.1 Å². The summed E-state index contributed by atoms with van der Waals surface area (Å²) in [6.07, 6.45) is 3.85. The van der Waals surface area contributed by atoms with Crippen LogP contribution in [-0.4, -0.2) is 39.5 Å². The Labute approximate surface area is 122 Å². The number of fused-ring (bicyclic) bond motifs is 1. The Morgan fingerprint density at radius 2 is 1.95 bits per heavy atom. The molecule has 0 N–H and O–H groups in total.